The SMILES string of the molecule is COc1ccc(N=C2SC(C(=O)Nc3ccccc3F)CC(=O)N2Cc2ccc(Cl)cc2)cc1. The van der Waals surface area contributed by atoms with E-state index in [4.69, 9.17) is 16.3 Å². The van der Waals surface area contributed by atoms with Gasteiger partial charge >= 0.3 is 0 Å². The zero-order valence-electron chi connectivity index (χ0n) is 18.2. The van der Waals surface area contributed by atoms with Crippen molar-refractivity contribution in [1.29, 1.82) is 0 Å². The smallest absolute Gasteiger partial charge is 0.238 e. The first-order chi connectivity index (χ1) is 16.4. The fourth-order valence-corrected chi connectivity index (χ4v) is 4.54. The summed E-state index contributed by atoms with van der Waals surface area (Å²) in [7, 11) is 1.57. The largest absolute Gasteiger partial charge is 0.497 e. The van der Waals surface area contributed by atoms with Crippen LogP contribution in [0.5, 0.6) is 5.75 Å². The number of para-hydroxylation sites is 1. The molecular formula is C25H21ClFN3O3S. The fourth-order valence-electron chi connectivity index (χ4n) is 3.31. The third kappa shape index (κ3) is 5.76. The van der Waals surface area contributed by atoms with Gasteiger partial charge in [0, 0.05) is 11.4 Å². The van der Waals surface area contributed by atoms with Crippen LogP contribution in [0.15, 0.2) is 77.8 Å². The molecule has 174 valence electrons. The third-order valence-corrected chi connectivity index (χ3v) is 6.55. The summed E-state index contributed by atoms with van der Waals surface area (Å²) in [6, 6.07) is 20.1. The van der Waals surface area contributed by atoms with Crippen LogP contribution in [0.4, 0.5) is 15.8 Å². The number of amidine groups is 1. The van der Waals surface area contributed by atoms with Gasteiger partial charge in [-0.05, 0) is 54.1 Å². The molecular weight excluding hydrogens is 477 g/mol. The van der Waals surface area contributed by atoms with E-state index in [1.165, 1.54) is 30.0 Å². The van der Waals surface area contributed by atoms with Crippen LogP contribution in [0.3, 0.4) is 0 Å². The lowest BCUT2D eigenvalue weighted by atomic mass is 10.2. The van der Waals surface area contributed by atoms with Gasteiger partial charge in [-0.25, -0.2) is 9.38 Å². The number of benzene rings is 3. The molecule has 0 aliphatic carbocycles. The van der Waals surface area contributed by atoms with Crippen LogP contribution in [0.25, 0.3) is 0 Å². The molecule has 1 fully saturated rings. The van der Waals surface area contributed by atoms with Crippen molar-refractivity contribution in [2.75, 3.05) is 12.4 Å². The molecule has 1 aliphatic heterocycles. The predicted octanol–water partition coefficient (Wildman–Crippen LogP) is 5.65. The summed E-state index contributed by atoms with van der Waals surface area (Å²) in [4.78, 5) is 32.2. The highest BCUT2D eigenvalue weighted by atomic mass is 35.5. The van der Waals surface area contributed by atoms with E-state index in [9.17, 15) is 14.0 Å². The summed E-state index contributed by atoms with van der Waals surface area (Å²) in [5.74, 6) is -0.581. The first-order valence-electron chi connectivity index (χ1n) is 10.4. The predicted molar refractivity (Wildman–Crippen MR) is 133 cm³/mol. The molecule has 1 N–H and O–H groups in total. The quantitative estimate of drug-likeness (QED) is 0.478. The number of amides is 2. The highest BCUT2D eigenvalue weighted by Crippen LogP contribution is 2.32. The summed E-state index contributed by atoms with van der Waals surface area (Å²) < 4.78 is 19.2. The van der Waals surface area contributed by atoms with Crippen LogP contribution in [0.2, 0.25) is 5.02 Å². The van der Waals surface area contributed by atoms with Gasteiger partial charge in [0.05, 0.1) is 25.0 Å². The maximum atomic E-state index is 14.0. The van der Waals surface area contributed by atoms with E-state index in [0.717, 1.165) is 5.56 Å². The molecule has 1 unspecified atom stereocenters. The molecule has 1 atom stereocenters. The number of methoxy groups -OCH3 is 1. The molecule has 4 rings (SSSR count). The molecule has 34 heavy (non-hydrogen) atoms. The Morgan fingerprint density at radius 2 is 1.85 bits per heavy atom. The van der Waals surface area contributed by atoms with Gasteiger partial charge < -0.3 is 10.1 Å². The molecule has 1 saturated heterocycles. The average molecular weight is 498 g/mol. The lowest BCUT2D eigenvalue weighted by molar-refractivity contribution is -0.129. The highest BCUT2D eigenvalue weighted by Gasteiger charge is 2.36. The van der Waals surface area contributed by atoms with Crippen LogP contribution in [-0.2, 0) is 16.1 Å². The number of nitrogens with zero attached hydrogens (tertiary/aromatic N) is 2. The Balaban J connectivity index is 1.61. The maximum Gasteiger partial charge on any atom is 0.238 e. The minimum atomic E-state index is -0.759. The van der Waals surface area contributed by atoms with Crippen molar-refractivity contribution in [1.82, 2.24) is 4.90 Å². The van der Waals surface area contributed by atoms with Gasteiger partial charge in [0.2, 0.25) is 11.8 Å². The number of nitrogens with one attached hydrogen (secondary N) is 1. The van der Waals surface area contributed by atoms with E-state index in [0.29, 0.717) is 21.6 Å². The second-order valence-electron chi connectivity index (χ2n) is 7.48. The number of aliphatic imine (C=N–C) groups is 1. The lowest BCUT2D eigenvalue weighted by Crippen LogP contribution is -2.44. The average Bonchev–Trinajstić information content (AvgIpc) is 2.84. The van der Waals surface area contributed by atoms with Gasteiger partial charge in [-0.2, -0.15) is 0 Å². The zero-order valence-corrected chi connectivity index (χ0v) is 19.8. The third-order valence-electron chi connectivity index (χ3n) is 5.11. The van der Waals surface area contributed by atoms with E-state index >= 15 is 0 Å². The van der Waals surface area contributed by atoms with Gasteiger partial charge in [0.15, 0.2) is 5.17 Å². The molecule has 3 aromatic carbocycles. The number of ether oxygens (including phenoxy) is 1. The highest BCUT2D eigenvalue weighted by molar-refractivity contribution is 8.15. The topological polar surface area (TPSA) is 71.0 Å². The maximum absolute atomic E-state index is 14.0. The van der Waals surface area contributed by atoms with Crippen LogP contribution >= 0.6 is 23.4 Å². The molecule has 1 heterocycles. The van der Waals surface area contributed by atoms with Crippen LogP contribution in [-0.4, -0.2) is 34.2 Å². The van der Waals surface area contributed by atoms with E-state index in [-0.39, 0.29) is 24.6 Å². The van der Waals surface area contributed by atoms with Crippen molar-refractivity contribution >= 4 is 51.7 Å². The molecule has 3 aromatic rings. The van der Waals surface area contributed by atoms with E-state index in [2.05, 4.69) is 10.3 Å². The molecule has 6 nitrogen and oxygen atoms in total. The first-order valence-corrected chi connectivity index (χ1v) is 11.7. The minimum absolute atomic E-state index is 0.0415. The Morgan fingerprint density at radius 1 is 1.15 bits per heavy atom. The molecule has 9 heteroatoms. The number of halogens is 2. The molecule has 0 saturated carbocycles. The summed E-state index contributed by atoms with van der Waals surface area (Å²) in [5, 5.41) is 2.80. The van der Waals surface area contributed by atoms with Crippen molar-refractivity contribution in [3.8, 4) is 5.75 Å². The van der Waals surface area contributed by atoms with Crippen molar-refractivity contribution in [2.24, 2.45) is 4.99 Å². The van der Waals surface area contributed by atoms with E-state index in [1.807, 2.05) is 12.1 Å². The van der Waals surface area contributed by atoms with Gasteiger partial charge in [-0.1, -0.05) is 47.6 Å². The van der Waals surface area contributed by atoms with Crippen LogP contribution < -0.4 is 10.1 Å². The first kappa shape index (κ1) is 23.8. The molecule has 0 radical (unpaired) electrons. The Bertz CT molecular complexity index is 1220. The second kappa shape index (κ2) is 10.7. The summed E-state index contributed by atoms with van der Waals surface area (Å²) >= 11 is 7.15. The Morgan fingerprint density at radius 3 is 2.53 bits per heavy atom. The fraction of sp³-hybridized carbons (Fsp3) is 0.160. The number of carbonyl (C=O) groups is 2. The monoisotopic (exact) mass is 497 g/mol. The Kier molecular flexibility index (Phi) is 7.49. The number of hydrogen-bond donors (Lipinski definition) is 1. The number of rotatable bonds is 6. The Labute approximate surface area is 205 Å². The number of hydrogen-bond acceptors (Lipinski definition) is 5. The van der Waals surface area contributed by atoms with E-state index in [1.54, 1.807) is 54.5 Å². The number of anilines is 1. The summed E-state index contributed by atoms with van der Waals surface area (Å²) in [6.45, 7) is 0.277. The summed E-state index contributed by atoms with van der Waals surface area (Å²) in [6.07, 6.45) is -0.0415. The standard InChI is InChI=1S/C25H21ClFN3O3S/c1-33-19-12-10-18(11-13-19)28-25-30(15-16-6-8-17(26)9-7-16)23(31)14-22(34-25)24(32)29-21-5-3-2-4-20(21)27/h2-13,22H,14-15H2,1H3,(H,29,32). The van der Waals surface area contributed by atoms with Crippen molar-refractivity contribution < 1.29 is 18.7 Å². The van der Waals surface area contributed by atoms with E-state index < -0.39 is 17.0 Å². The summed E-state index contributed by atoms with van der Waals surface area (Å²) in [5.41, 5.74) is 1.54. The number of thioether (sulfide) groups is 1. The normalized spacial score (nSPS) is 17.0. The van der Waals surface area contributed by atoms with Crippen LogP contribution in [0.1, 0.15) is 12.0 Å². The number of carbonyl (C=O) groups excluding carboxylic acids is 2. The molecule has 0 spiro atoms. The second-order valence-corrected chi connectivity index (χ2v) is 9.08. The lowest BCUT2D eigenvalue weighted by Gasteiger charge is -2.32. The van der Waals surface area contributed by atoms with Crippen molar-refractivity contribution in [3.05, 3.63) is 89.2 Å². The van der Waals surface area contributed by atoms with Crippen molar-refractivity contribution in [3.63, 3.8) is 0 Å². The Hall–Kier alpha value is -3.36. The molecule has 2 amide bonds. The molecule has 0 aromatic heterocycles. The van der Waals surface area contributed by atoms with Crippen LogP contribution in [0, 0.1) is 5.82 Å². The van der Waals surface area contributed by atoms with Gasteiger partial charge in [-0.3, -0.25) is 14.5 Å². The zero-order chi connectivity index (χ0) is 24.1. The molecule has 0 bridgehead atoms. The van der Waals surface area contributed by atoms with Gasteiger partial charge in [0.1, 0.15) is 16.8 Å². The van der Waals surface area contributed by atoms with Gasteiger partial charge in [0.25, 0.3) is 0 Å². The molecule has 1 aliphatic rings. The minimum Gasteiger partial charge on any atom is -0.497 e. The van der Waals surface area contributed by atoms with Crippen molar-refractivity contribution in [2.45, 2.75) is 18.2 Å². The van der Waals surface area contributed by atoms with Gasteiger partial charge in [-0.15, -0.1) is 0 Å².